The summed E-state index contributed by atoms with van der Waals surface area (Å²) < 4.78 is 0. The fourth-order valence-corrected chi connectivity index (χ4v) is 1.59. The van der Waals surface area contributed by atoms with Gasteiger partial charge in [-0.3, -0.25) is 5.43 Å². The van der Waals surface area contributed by atoms with Crippen LogP contribution in [-0.4, -0.2) is 66.3 Å². The molecule has 3 N–H and O–H groups in total. The summed E-state index contributed by atoms with van der Waals surface area (Å²) in [6.45, 7) is 4.98. The Labute approximate surface area is 101 Å². The average molecular weight is 244 g/mol. The summed E-state index contributed by atoms with van der Waals surface area (Å²) in [5.74, 6) is -1.01. The molecular formula is C10H20N4O3. The number of hydrogen-bond acceptors (Lipinski definition) is 4. The first kappa shape index (κ1) is 13.7. The number of piperazine rings is 1. The number of nitrogens with zero attached hydrogens (tertiary/aromatic N) is 2. The van der Waals surface area contributed by atoms with Crippen LogP contribution in [0, 0.1) is 0 Å². The number of urea groups is 1. The van der Waals surface area contributed by atoms with E-state index in [1.54, 1.807) is 11.9 Å². The number of likely N-dealkylation sites (N-methyl/N-ethyl adjacent to an activating group) is 1. The predicted molar refractivity (Wildman–Crippen MR) is 62.5 cm³/mol. The van der Waals surface area contributed by atoms with E-state index in [0.29, 0.717) is 6.42 Å². The van der Waals surface area contributed by atoms with Crippen molar-refractivity contribution in [1.82, 2.24) is 20.7 Å². The summed E-state index contributed by atoms with van der Waals surface area (Å²) in [6.07, 6.45) is 0.367. The minimum absolute atomic E-state index is 0.367. The van der Waals surface area contributed by atoms with Gasteiger partial charge < -0.3 is 15.3 Å². The first-order valence-corrected chi connectivity index (χ1v) is 5.76. The van der Waals surface area contributed by atoms with Crippen molar-refractivity contribution in [2.75, 3.05) is 33.2 Å². The van der Waals surface area contributed by atoms with E-state index >= 15 is 0 Å². The van der Waals surface area contributed by atoms with Crippen molar-refractivity contribution in [1.29, 1.82) is 0 Å². The number of aliphatic carboxylic acids is 1. The lowest BCUT2D eigenvalue weighted by atomic mass is 10.2. The molecule has 1 atom stereocenters. The molecule has 7 nitrogen and oxygen atoms in total. The molecule has 0 aliphatic carbocycles. The van der Waals surface area contributed by atoms with Crippen molar-refractivity contribution < 1.29 is 14.7 Å². The zero-order chi connectivity index (χ0) is 12.8. The number of hydrazine groups is 1. The third-order valence-electron chi connectivity index (χ3n) is 2.77. The second-order valence-electron chi connectivity index (χ2n) is 4.17. The summed E-state index contributed by atoms with van der Waals surface area (Å²) in [6, 6.07) is -1.29. The lowest BCUT2D eigenvalue weighted by Crippen LogP contribution is -2.56. The Balaban J connectivity index is 2.31. The van der Waals surface area contributed by atoms with E-state index < -0.39 is 18.0 Å². The number of hydrogen-bond donors (Lipinski definition) is 3. The number of carboxylic acid groups (broad SMARTS) is 1. The monoisotopic (exact) mass is 244 g/mol. The summed E-state index contributed by atoms with van der Waals surface area (Å²) in [4.78, 5) is 24.4. The lowest BCUT2D eigenvalue weighted by Gasteiger charge is -2.32. The van der Waals surface area contributed by atoms with Crippen LogP contribution < -0.4 is 10.7 Å². The molecule has 0 aromatic carbocycles. The van der Waals surface area contributed by atoms with E-state index in [4.69, 9.17) is 5.11 Å². The van der Waals surface area contributed by atoms with Crippen LogP contribution in [0.1, 0.15) is 13.3 Å². The van der Waals surface area contributed by atoms with Crippen molar-refractivity contribution in [3.8, 4) is 0 Å². The highest BCUT2D eigenvalue weighted by Gasteiger charge is 2.20. The van der Waals surface area contributed by atoms with Gasteiger partial charge in [-0.2, -0.15) is 0 Å². The van der Waals surface area contributed by atoms with E-state index in [9.17, 15) is 9.59 Å². The first-order chi connectivity index (χ1) is 8.02. The zero-order valence-electron chi connectivity index (χ0n) is 10.3. The topological polar surface area (TPSA) is 84.9 Å². The lowest BCUT2D eigenvalue weighted by molar-refractivity contribution is -0.139. The van der Waals surface area contributed by atoms with Crippen LogP contribution in [0.3, 0.4) is 0 Å². The second kappa shape index (κ2) is 6.41. The van der Waals surface area contributed by atoms with Crippen LogP contribution in [-0.2, 0) is 4.79 Å². The van der Waals surface area contributed by atoms with Crippen LogP contribution in [0.15, 0.2) is 0 Å². The van der Waals surface area contributed by atoms with Gasteiger partial charge in [-0.1, -0.05) is 6.92 Å². The van der Waals surface area contributed by atoms with Gasteiger partial charge in [0.1, 0.15) is 6.04 Å². The molecule has 1 heterocycles. The fraction of sp³-hybridized carbons (Fsp3) is 0.800. The number of nitrogens with one attached hydrogen (secondary N) is 2. The van der Waals surface area contributed by atoms with Crippen molar-refractivity contribution >= 4 is 12.0 Å². The van der Waals surface area contributed by atoms with Crippen LogP contribution >= 0.6 is 0 Å². The largest absolute Gasteiger partial charge is 0.480 e. The first-order valence-electron chi connectivity index (χ1n) is 5.76. The quantitative estimate of drug-likeness (QED) is 0.609. The molecule has 1 aliphatic heterocycles. The maximum absolute atomic E-state index is 11.5. The molecule has 17 heavy (non-hydrogen) atoms. The summed E-state index contributed by atoms with van der Waals surface area (Å²) >= 11 is 0. The van der Waals surface area contributed by atoms with Crippen molar-refractivity contribution in [2.24, 2.45) is 0 Å². The van der Waals surface area contributed by atoms with E-state index in [-0.39, 0.29) is 0 Å². The van der Waals surface area contributed by atoms with Crippen LogP contribution in [0.25, 0.3) is 0 Å². The molecule has 98 valence electrons. The number of carbonyl (C=O) groups excluding carboxylic acids is 1. The maximum atomic E-state index is 11.5. The Morgan fingerprint density at radius 2 is 1.88 bits per heavy atom. The van der Waals surface area contributed by atoms with Crippen molar-refractivity contribution in [3.05, 3.63) is 0 Å². The van der Waals surface area contributed by atoms with Gasteiger partial charge in [0.25, 0.3) is 0 Å². The van der Waals surface area contributed by atoms with Crippen LogP contribution in [0.2, 0.25) is 0 Å². The molecular weight excluding hydrogens is 224 g/mol. The second-order valence-corrected chi connectivity index (χ2v) is 4.17. The molecule has 2 amide bonds. The van der Waals surface area contributed by atoms with Crippen molar-refractivity contribution in [3.63, 3.8) is 0 Å². The summed E-state index contributed by atoms with van der Waals surface area (Å²) in [5.41, 5.74) is 2.65. The smallest absolute Gasteiger partial charge is 0.330 e. The number of rotatable bonds is 4. The van der Waals surface area contributed by atoms with Gasteiger partial charge in [0.05, 0.1) is 0 Å². The van der Waals surface area contributed by atoms with Crippen molar-refractivity contribution in [2.45, 2.75) is 19.4 Å². The summed E-state index contributed by atoms with van der Waals surface area (Å²) in [7, 11) is 2.02. The highest BCUT2D eigenvalue weighted by molar-refractivity contribution is 5.82. The molecule has 0 radical (unpaired) electrons. The van der Waals surface area contributed by atoms with E-state index in [0.717, 1.165) is 26.2 Å². The molecule has 1 fully saturated rings. The fourth-order valence-electron chi connectivity index (χ4n) is 1.59. The molecule has 1 rings (SSSR count). The SMILES string of the molecule is CC[C@@H](NC(=O)NN1CCN(C)CC1)C(=O)O. The molecule has 0 spiro atoms. The maximum Gasteiger partial charge on any atom is 0.330 e. The van der Waals surface area contributed by atoms with Gasteiger partial charge in [-0.05, 0) is 13.5 Å². The molecule has 0 saturated carbocycles. The van der Waals surface area contributed by atoms with Gasteiger partial charge in [0.15, 0.2) is 0 Å². The molecule has 1 saturated heterocycles. The van der Waals surface area contributed by atoms with Gasteiger partial charge in [0, 0.05) is 26.2 Å². The van der Waals surface area contributed by atoms with Gasteiger partial charge >= 0.3 is 12.0 Å². The van der Waals surface area contributed by atoms with Gasteiger partial charge in [-0.15, -0.1) is 0 Å². The molecule has 0 aromatic heterocycles. The molecule has 7 heteroatoms. The average Bonchev–Trinajstić information content (AvgIpc) is 2.28. The minimum atomic E-state index is -1.01. The van der Waals surface area contributed by atoms with Crippen LogP contribution in [0.4, 0.5) is 4.79 Å². The Morgan fingerprint density at radius 1 is 1.29 bits per heavy atom. The normalized spacial score (nSPS) is 19.6. The Kier molecular flexibility index (Phi) is 5.17. The third kappa shape index (κ3) is 4.58. The number of carboxylic acids is 1. The Morgan fingerprint density at radius 3 is 2.35 bits per heavy atom. The minimum Gasteiger partial charge on any atom is -0.480 e. The Bertz CT molecular complexity index is 277. The van der Waals surface area contributed by atoms with Gasteiger partial charge in [0.2, 0.25) is 0 Å². The van der Waals surface area contributed by atoms with Gasteiger partial charge in [-0.25, -0.2) is 14.6 Å². The highest BCUT2D eigenvalue weighted by Crippen LogP contribution is 1.96. The molecule has 0 aromatic rings. The number of amides is 2. The van der Waals surface area contributed by atoms with E-state index in [2.05, 4.69) is 15.6 Å². The highest BCUT2D eigenvalue weighted by atomic mass is 16.4. The molecule has 1 aliphatic rings. The molecule has 0 bridgehead atoms. The Hall–Kier alpha value is -1.34. The standard InChI is InChI=1S/C10H20N4O3/c1-3-8(9(15)16)11-10(17)12-14-6-4-13(2)5-7-14/h8H,3-7H2,1-2H3,(H,15,16)(H2,11,12,17)/t8-/m1/s1. The zero-order valence-corrected chi connectivity index (χ0v) is 10.3. The molecule has 0 unspecified atom stereocenters. The van der Waals surface area contributed by atoms with Crippen LogP contribution in [0.5, 0.6) is 0 Å². The summed E-state index contributed by atoms with van der Waals surface area (Å²) in [5, 5.41) is 13.0. The third-order valence-corrected chi connectivity index (χ3v) is 2.77. The van der Waals surface area contributed by atoms with E-state index in [1.165, 1.54) is 0 Å². The predicted octanol–water partition coefficient (Wildman–Crippen LogP) is -0.689. The van der Waals surface area contributed by atoms with E-state index in [1.807, 2.05) is 7.05 Å². The number of carbonyl (C=O) groups is 2.